The molecule has 1 N–H and O–H groups in total. The predicted molar refractivity (Wildman–Crippen MR) is 112 cm³/mol. The summed E-state index contributed by atoms with van der Waals surface area (Å²) in [6.07, 6.45) is 1.60. The molecule has 0 fully saturated rings. The highest BCUT2D eigenvalue weighted by molar-refractivity contribution is 9.10. The summed E-state index contributed by atoms with van der Waals surface area (Å²) in [5, 5.41) is 4.41. The van der Waals surface area contributed by atoms with E-state index in [4.69, 9.17) is 11.6 Å². The van der Waals surface area contributed by atoms with Crippen molar-refractivity contribution in [2.75, 3.05) is 5.32 Å². The summed E-state index contributed by atoms with van der Waals surface area (Å²) in [6, 6.07) is 10.7. The lowest BCUT2D eigenvalue weighted by atomic mass is 10.2. The van der Waals surface area contributed by atoms with E-state index < -0.39 is 0 Å². The van der Waals surface area contributed by atoms with E-state index in [9.17, 15) is 9.59 Å². The number of carbonyl (C=O) groups is 1. The molecule has 9 heteroatoms. The van der Waals surface area contributed by atoms with Gasteiger partial charge in [-0.3, -0.25) is 14.2 Å². The first kappa shape index (κ1) is 18.1. The average molecular weight is 464 g/mol. The number of nitrogens with zero attached hydrogens (tertiary/aromatic N) is 3. The Morgan fingerprint density at radius 3 is 2.89 bits per heavy atom. The van der Waals surface area contributed by atoms with Crippen LogP contribution in [-0.2, 0) is 11.3 Å². The minimum Gasteiger partial charge on any atom is -0.302 e. The van der Waals surface area contributed by atoms with Gasteiger partial charge in [-0.1, -0.05) is 38.9 Å². The first-order valence-corrected chi connectivity index (χ1v) is 9.99. The average Bonchev–Trinajstić information content (AvgIpc) is 3.02. The zero-order chi connectivity index (χ0) is 19.0. The molecule has 6 nitrogen and oxygen atoms in total. The Morgan fingerprint density at radius 1 is 1.22 bits per heavy atom. The number of hydrogen-bond donors (Lipinski definition) is 1. The SMILES string of the molecule is O=C(CCn1cnc2ccc(Br)cc2c1=O)Nc1nc2ccc(Cl)cc2s1. The van der Waals surface area contributed by atoms with Gasteiger partial charge in [-0.2, -0.15) is 0 Å². The van der Waals surface area contributed by atoms with Crippen molar-refractivity contribution in [3.8, 4) is 0 Å². The summed E-state index contributed by atoms with van der Waals surface area (Å²) in [7, 11) is 0. The molecule has 136 valence electrons. The van der Waals surface area contributed by atoms with Crippen LogP contribution < -0.4 is 10.9 Å². The maximum absolute atomic E-state index is 12.5. The van der Waals surface area contributed by atoms with Crippen molar-refractivity contribution in [2.24, 2.45) is 0 Å². The number of benzene rings is 2. The fraction of sp³-hybridized carbons (Fsp3) is 0.111. The van der Waals surface area contributed by atoms with Crippen LogP contribution in [0.4, 0.5) is 5.13 Å². The van der Waals surface area contributed by atoms with Gasteiger partial charge in [-0.05, 0) is 36.4 Å². The molecular weight excluding hydrogens is 452 g/mol. The number of anilines is 1. The van der Waals surface area contributed by atoms with Gasteiger partial charge in [-0.15, -0.1) is 0 Å². The van der Waals surface area contributed by atoms with Gasteiger partial charge in [0.05, 0.1) is 27.4 Å². The second kappa shape index (κ2) is 7.38. The summed E-state index contributed by atoms with van der Waals surface area (Å²) in [5.41, 5.74) is 1.22. The van der Waals surface area contributed by atoms with E-state index in [0.717, 1.165) is 14.7 Å². The summed E-state index contributed by atoms with van der Waals surface area (Å²) in [5.74, 6) is -0.221. The van der Waals surface area contributed by atoms with Crippen LogP contribution in [0.3, 0.4) is 0 Å². The zero-order valence-electron chi connectivity index (χ0n) is 13.8. The smallest absolute Gasteiger partial charge is 0.261 e. The fourth-order valence-corrected chi connectivity index (χ4v) is 4.17. The van der Waals surface area contributed by atoms with Crippen LogP contribution in [0.25, 0.3) is 21.1 Å². The van der Waals surface area contributed by atoms with Gasteiger partial charge >= 0.3 is 0 Å². The van der Waals surface area contributed by atoms with Crippen molar-refractivity contribution in [1.82, 2.24) is 14.5 Å². The molecule has 2 aromatic heterocycles. The van der Waals surface area contributed by atoms with Crippen LogP contribution >= 0.6 is 38.9 Å². The lowest BCUT2D eigenvalue weighted by Gasteiger charge is -2.06. The zero-order valence-corrected chi connectivity index (χ0v) is 16.9. The molecule has 0 aliphatic heterocycles. The molecule has 2 aromatic carbocycles. The molecule has 1 amide bonds. The summed E-state index contributed by atoms with van der Waals surface area (Å²) < 4.78 is 3.14. The van der Waals surface area contributed by atoms with Crippen molar-refractivity contribution in [1.29, 1.82) is 0 Å². The van der Waals surface area contributed by atoms with E-state index in [2.05, 4.69) is 31.2 Å². The van der Waals surface area contributed by atoms with Gasteiger partial charge in [-0.25, -0.2) is 9.97 Å². The van der Waals surface area contributed by atoms with Crippen LogP contribution in [-0.4, -0.2) is 20.4 Å². The van der Waals surface area contributed by atoms with E-state index in [-0.39, 0.29) is 24.4 Å². The second-order valence-electron chi connectivity index (χ2n) is 5.83. The van der Waals surface area contributed by atoms with Gasteiger partial charge in [0.25, 0.3) is 5.56 Å². The summed E-state index contributed by atoms with van der Waals surface area (Å²) >= 11 is 10.7. The molecule has 4 rings (SSSR count). The first-order valence-electron chi connectivity index (χ1n) is 8.00. The Labute approximate surface area is 170 Å². The van der Waals surface area contributed by atoms with Crippen LogP contribution in [0.2, 0.25) is 5.02 Å². The minimum atomic E-state index is -0.221. The standard InChI is InChI=1S/C18H12BrClN4O2S/c19-10-1-3-13-12(7-10)17(26)24(9-21-13)6-5-16(25)23-18-22-14-4-2-11(20)8-15(14)27-18/h1-4,7-9H,5-6H2,(H,22,23,25). The van der Waals surface area contributed by atoms with E-state index in [1.807, 2.05) is 18.2 Å². The van der Waals surface area contributed by atoms with Crippen LogP contribution in [0.1, 0.15) is 6.42 Å². The quantitative estimate of drug-likeness (QED) is 0.485. The number of fused-ring (bicyclic) bond motifs is 2. The third-order valence-electron chi connectivity index (χ3n) is 3.96. The Kier molecular flexibility index (Phi) is 4.94. The molecule has 0 aliphatic carbocycles. The van der Waals surface area contributed by atoms with Crippen molar-refractivity contribution in [3.63, 3.8) is 0 Å². The largest absolute Gasteiger partial charge is 0.302 e. The molecule has 0 spiro atoms. The third-order valence-corrected chi connectivity index (χ3v) is 5.62. The van der Waals surface area contributed by atoms with E-state index in [1.54, 1.807) is 18.2 Å². The minimum absolute atomic E-state index is 0.137. The van der Waals surface area contributed by atoms with E-state index in [1.165, 1.54) is 22.2 Å². The van der Waals surface area contributed by atoms with Crippen LogP contribution in [0.5, 0.6) is 0 Å². The predicted octanol–water partition coefficient (Wildman–Crippen LogP) is 4.45. The van der Waals surface area contributed by atoms with Crippen LogP contribution in [0, 0.1) is 0 Å². The number of carbonyl (C=O) groups excluding carboxylic acids is 1. The Hall–Kier alpha value is -2.29. The van der Waals surface area contributed by atoms with Gasteiger partial charge in [0.15, 0.2) is 5.13 Å². The highest BCUT2D eigenvalue weighted by atomic mass is 79.9. The van der Waals surface area contributed by atoms with Gasteiger partial charge < -0.3 is 5.32 Å². The number of aromatic nitrogens is 3. The number of rotatable bonds is 4. The maximum atomic E-state index is 12.5. The summed E-state index contributed by atoms with van der Waals surface area (Å²) in [6.45, 7) is 0.233. The van der Waals surface area contributed by atoms with Crippen LogP contribution in [0.15, 0.2) is 52.0 Å². The van der Waals surface area contributed by atoms with Crippen molar-refractivity contribution >= 4 is 71.0 Å². The second-order valence-corrected chi connectivity index (χ2v) is 8.22. The number of amides is 1. The Morgan fingerprint density at radius 2 is 2.04 bits per heavy atom. The molecule has 2 heterocycles. The van der Waals surface area contributed by atoms with Crippen molar-refractivity contribution in [3.05, 3.63) is 62.6 Å². The molecule has 0 atom stereocenters. The number of halogens is 2. The molecule has 0 radical (unpaired) electrons. The lowest BCUT2D eigenvalue weighted by Crippen LogP contribution is -2.23. The highest BCUT2D eigenvalue weighted by Crippen LogP contribution is 2.28. The van der Waals surface area contributed by atoms with E-state index >= 15 is 0 Å². The molecular formula is C18H12BrClN4O2S. The number of hydrogen-bond acceptors (Lipinski definition) is 5. The Bertz CT molecular complexity index is 1240. The highest BCUT2D eigenvalue weighted by Gasteiger charge is 2.10. The van der Waals surface area contributed by atoms with Gasteiger partial charge in [0.1, 0.15) is 0 Å². The molecule has 0 bridgehead atoms. The Balaban J connectivity index is 1.48. The monoisotopic (exact) mass is 462 g/mol. The van der Waals surface area contributed by atoms with Gasteiger partial charge in [0.2, 0.25) is 5.91 Å². The molecule has 0 saturated carbocycles. The number of nitrogens with one attached hydrogen (secondary N) is 1. The lowest BCUT2D eigenvalue weighted by molar-refractivity contribution is -0.116. The summed E-state index contributed by atoms with van der Waals surface area (Å²) in [4.78, 5) is 33.4. The van der Waals surface area contributed by atoms with Crippen molar-refractivity contribution < 1.29 is 4.79 Å². The molecule has 27 heavy (non-hydrogen) atoms. The normalized spacial score (nSPS) is 11.2. The number of thiazole rings is 1. The molecule has 0 unspecified atom stereocenters. The third kappa shape index (κ3) is 3.87. The molecule has 0 aliphatic rings. The topological polar surface area (TPSA) is 76.9 Å². The fourth-order valence-electron chi connectivity index (χ4n) is 2.65. The number of aryl methyl sites for hydroxylation is 1. The molecule has 4 aromatic rings. The molecule has 0 saturated heterocycles. The van der Waals surface area contributed by atoms with Gasteiger partial charge in [0, 0.05) is 22.5 Å². The maximum Gasteiger partial charge on any atom is 0.261 e. The first-order chi connectivity index (χ1) is 13.0. The van der Waals surface area contributed by atoms with Crippen molar-refractivity contribution in [2.45, 2.75) is 13.0 Å². The van der Waals surface area contributed by atoms with E-state index in [0.29, 0.717) is 21.1 Å².